The Morgan fingerprint density at radius 2 is 1.71 bits per heavy atom. The van der Waals surface area contributed by atoms with E-state index in [0.29, 0.717) is 12.2 Å². The van der Waals surface area contributed by atoms with Crippen LogP contribution in [-0.2, 0) is 17.8 Å². The molecule has 0 saturated heterocycles. The van der Waals surface area contributed by atoms with E-state index in [0.717, 1.165) is 11.1 Å². The first-order valence-corrected chi connectivity index (χ1v) is 6.90. The van der Waals surface area contributed by atoms with Crippen molar-refractivity contribution in [3.63, 3.8) is 0 Å². The van der Waals surface area contributed by atoms with E-state index in [4.69, 9.17) is 28.3 Å². The lowest BCUT2D eigenvalue weighted by atomic mass is 10.0. The number of carboxylic acids is 1. The summed E-state index contributed by atoms with van der Waals surface area (Å²) in [6, 6.07) is 10.1. The zero-order chi connectivity index (χ0) is 15.4. The topological polar surface area (TPSA) is 49.3 Å². The third-order valence-corrected chi connectivity index (χ3v) is 3.48. The summed E-state index contributed by atoms with van der Waals surface area (Å²) in [7, 11) is 0. The maximum Gasteiger partial charge on any atom is 0.307 e. The van der Waals surface area contributed by atoms with Gasteiger partial charge in [0.05, 0.1) is 16.5 Å². The van der Waals surface area contributed by atoms with E-state index in [2.05, 4.69) is 5.32 Å². The first kappa shape index (κ1) is 15.6. The Hall–Kier alpha value is -1.78. The smallest absolute Gasteiger partial charge is 0.307 e. The van der Waals surface area contributed by atoms with Crippen molar-refractivity contribution < 1.29 is 14.3 Å². The molecule has 2 rings (SSSR count). The molecule has 2 N–H and O–H groups in total. The first-order chi connectivity index (χ1) is 9.97. The highest BCUT2D eigenvalue weighted by molar-refractivity contribution is 6.35. The molecule has 0 atom stereocenters. The second-order valence-electron chi connectivity index (χ2n) is 4.45. The van der Waals surface area contributed by atoms with Crippen LogP contribution in [0.2, 0.25) is 10.0 Å². The van der Waals surface area contributed by atoms with Gasteiger partial charge in [0.1, 0.15) is 0 Å². The molecule has 0 heterocycles. The van der Waals surface area contributed by atoms with Gasteiger partial charge in [0, 0.05) is 12.2 Å². The second-order valence-corrected chi connectivity index (χ2v) is 5.26. The summed E-state index contributed by atoms with van der Waals surface area (Å²) in [5.74, 6) is -1.55. The number of rotatable bonds is 5. The number of aliphatic carboxylic acids is 1. The van der Waals surface area contributed by atoms with Crippen molar-refractivity contribution in [3.05, 3.63) is 63.4 Å². The Labute approximate surface area is 131 Å². The fourth-order valence-corrected chi connectivity index (χ4v) is 2.41. The van der Waals surface area contributed by atoms with Gasteiger partial charge < -0.3 is 10.4 Å². The van der Waals surface area contributed by atoms with Crippen LogP contribution < -0.4 is 5.32 Å². The Morgan fingerprint density at radius 3 is 2.29 bits per heavy atom. The Balaban J connectivity index is 2.15. The largest absolute Gasteiger partial charge is 0.481 e. The van der Waals surface area contributed by atoms with Crippen molar-refractivity contribution in [1.82, 2.24) is 0 Å². The number of carbonyl (C=O) groups is 1. The number of hydrogen-bond acceptors (Lipinski definition) is 2. The average molecular weight is 328 g/mol. The van der Waals surface area contributed by atoms with E-state index in [9.17, 15) is 9.18 Å². The van der Waals surface area contributed by atoms with Crippen molar-refractivity contribution in [3.8, 4) is 0 Å². The minimum Gasteiger partial charge on any atom is -0.481 e. The molecular formula is C15H12Cl2FNO2. The van der Waals surface area contributed by atoms with Crippen molar-refractivity contribution in [2.24, 2.45) is 0 Å². The molecule has 6 heteroatoms. The monoisotopic (exact) mass is 327 g/mol. The Kier molecular flexibility index (Phi) is 5.04. The van der Waals surface area contributed by atoms with Gasteiger partial charge in [-0.15, -0.1) is 0 Å². The summed E-state index contributed by atoms with van der Waals surface area (Å²) < 4.78 is 13.3. The van der Waals surface area contributed by atoms with Gasteiger partial charge in [-0.3, -0.25) is 4.79 Å². The fourth-order valence-electron chi connectivity index (χ4n) is 1.92. The van der Waals surface area contributed by atoms with E-state index in [1.54, 1.807) is 12.1 Å². The van der Waals surface area contributed by atoms with E-state index < -0.39 is 11.8 Å². The molecule has 0 aliphatic rings. The van der Waals surface area contributed by atoms with Crippen LogP contribution in [0.25, 0.3) is 0 Å². The number of benzene rings is 2. The Morgan fingerprint density at radius 1 is 1.14 bits per heavy atom. The molecule has 21 heavy (non-hydrogen) atoms. The maximum absolute atomic E-state index is 13.3. The molecule has 110 valence electrons. The fraction of sp³-hybridized carbons (Fsp3) is 0.133. The van der Waals surface area contributed by atoms with Crippen LogP contribution in [0, 0.1) is 5.82 Å². The van der Waals surface area contributed by atoms with Crippen molar-refractivity contribution in [1.29, 1.82) is 0 Å². The van der Waals surface area contributed by atoms with E-state index in [1.165, 1.54) is 12.1 Å². The van der Waals surface area contributed by atoms with Gasteiger partial charge >= 0.3 is 5.97 Å². The molecular weight excluding hydrogens is 316 g/mol. The van der Waals surface area contributed by atoms with Crippen LogP contribution in [0.4, 0.5) is 10.1 Å². The predicted molar refractivity (Wildman–Crippen MR) is 81.5 cm³/mol. The SMILES string of the molecule is O=C(O)Cc1ccccc1CNc1cc(Cl)c(F)c(Cl)c1. The van der Waals surface area contributed by atoms with Crippen molar-refractivity contribution in [2.75, 3.05) is 5.32 Å². The summed E-state index contributed by atoms with van der Waals surface area (Å²) in [6.45, 7) is 0.391. The first-order valence-electron chi connectivity index (χ1n) is 6.14. The summed E-state index contributed by atoms with van der Waals surface area (Å²) in [5, 5.41) is 11.8. The summed E-state index contributed by atoms with van der Waals surface area (Å²) in [6.07, 6.45) is -0.0528. The van der Waals surface area contributed by atoms with Crippen LogP contribution in [0.15, 0.2) is 36.4 Å². The molecule has 0 aliphatic carbocycles. The lowest BCUT2D eigenvalue weighted by Crippen LogP contribution is -2.07. The van der Waals surface area contributed by atoms with Crippen LogP contribution in [0.1, 0.15) is 11.1 Å². The molecule has 0 saturated carbocycles. The highest BCUT2D eigenvalue weighted by Gasteiger charge is 2.09. The minimum atomic E-state index is -0.893. The third kappa shape index (κ3) is 4.09. The summed E-state index contributed by atoms with van der Waals surface area (Å²) in [5.41, 5.74) is 2.13. The van der Waals surface area contributed by atoms with Gasteiger partial charge in [0.25, 0.3) is 0 Å². The molecule has 0 spiro atoms. The second kappa shape index (κ2) is 6.78. The molecule has 0 aromatic heterocycles. The van der Waals surface area contributed by atoms with E-state index in [-0.39, 0.29) is 16.5 Å². The van der Waals surface area contributed by atoms with Gasteiger partial charge in [0.15, 0.2) is 5.82 Å². The number of anilines is 1. The van der Waals surface area contributed by atoms with Gasteiger partial charge in [0.2, 0.25) is 0 Å². The molecule has 0 bridgehead atoms. The molecule has 0 unspecified atom stereocenters. The standard InChI is InChI=1S/C15H12Cl2FNO2/c16-12-6-11(7-13(17)15(12)18)19-8-10-4-2-1-3-9(10)5-14(20)21/h1-4,6-7,19H,5,8H2,(H,20,21). The van der Waals surface area contributed by atoms with Crippen molar-refractivity contribution in [2.45, 2.75) is 13.0 Å². The lowest BCUT2D eigenvalue weighted by Gasteiger charge is -2.11. The zero-order valence-corrected chi connectivity index (χ0v) is 12.4. The third-order valence-electron chi connectivity index (χ3n) is 2.93. The maximum atomic E-state index is 13.3. The van der Waals surface area contributed by atoms with Crippen LogP contribution >= 0.6 is 23.2 Å². The van der Waals surface area contributed by atoms with E-state index >= 15 is 0 Å². The van der Waals surface area contributed by atoms with Crippen LogP contribution in [-0.4, -0.2) is 11.1 Å². The lowest BCUT2D eigenvalue weighted by molar-refractivity contribution is -0.136. The molecule has 3 nitrogen and oxygen atoms in total. The molecule has 0 fully saturated rings. The predicted octanol–water partition coefficient (Wildman–Crippen LogP) is 4.37. The molecule has 2 aromatic rings. The number of nitrogens with one attached hydrogen (secondary N) is 1. The zero-order valence-electron chi connectivity index (χ0n) is 10.9. The highest BCUT2D eigenvalue weighted by Crippen LogP contribution is 2.27. The molecule has 0 radical (unpaired) electrons. The normalized spacial score (nSPS) is 10.4. The van der Waals surface area contributed by atoms with Gasteiger partial charge in [-0.1, -0.05) is 47.5 Å². The summed E-state index contributed by atoms with van der Waals surface area (Å²) in [4.78, 5) is 10.8. The number of hydrogen-bond donors (Lipinski definition) is 2. The van der Waals surface area contributed by atoms with Gasteiger partial charge in [-0.2, -0.15) is 0 Å². The Bertz CT molecular complexity index is 653. The molecule has 2 aromatic carbocycles. The average Bonchev–Trinajstić information content (AvgIpc) is 2.43. The van der Waals surface area contributed by atoms with Gasteiger partial charge in [-0.05, 0) is 23.3 Å². The summed E-state index contributed by atoms with van der Waals surface area (Å²) >= 11 is 11.4. The number of halogens is 3. The van der Waals surface area contributed by atoms with E-state index in [1.807, 2.05) is 12.1 Å². The highest BCUT2D eigenvalue weighted by atomic mass is 35.5. The van der Waals surface area contributed by atoms with Crippen molar-refractivity contribution >= 4 is 34.9 Å². The minimum absolute atomic E-state index is 0.0528. The van der Waals surface area contributed by atoms with Crippen LogP contribution in [0.3, 0.4) is 0 Å². The van der Waals surface area contributed by atoms with Crippen LogP contribution in [0.5, 0.6) is 0 Å². The number of carboxylic acid groups (broad SMARTS) is 1. The quantitative estimate of drug-likeness (QED) is 0.801. The molecule has 0 aliphatic heterocycles. The van der Waals surface area contributed by atoms with Gasteiger partial charge in [-0.25, -0.2) is 4.39 Å². The molecule has 0 amide bonds.